The lowest BCUT2D eigenvalue weighted by Crippen LogP contribution is -2.56. The van der Waals surface area contributed by atoms with E-state index in [0.29, 0.717) is 6.61 Å². The number of esters is 1. The molecule has 14 heteroatoms. The second-order valence-corrected chi connectivity index (χ2v) is 15.9. The van der Waals surface area contributed by atoms with E-state index in [1.165, 1.54) is 7.05 Å². The van der Waals surface area contributed by atoms with E-state index in [4.69, 9.17) is 33.2 Å². The van der Waals surface area contributed by atoms with E-state index in [1.54, 1.807) is 20.8 Å². The predicted molar refractivity (Wildman–Crippen MR) is 230 cm³/mol. The molecule has 4 aromatic rings. The number of ether oxygens (including phenoxy) is 7. The third-order valence-corrected chi connectivity index (χ3v) is 9.79. The first-order valence-electron chi connectivity index (χ1n) is 20.8. The van der Waals surface area contributed by atoms with Gasteiger partial charge in [-0.25, -0.2) is 4.79 Å². The Balaban J connectivity index is 1.35. The van der Waals surface area contributed by atoms with E-state index < -0.39 is 78.9 Å². The molecule has 1 heterocycles. The van der Waals surface area contributed by atoms with Crippen molar-refractivity contribution in [1.29, 1.82) is 0 Å². The van der Waals surface area contributed by atoms with Gasteiger partial charge in [0.15, 0.2) is 6.29 Å². The third kappa shape index (κ3) is 15.7. The van der Waals surface area contributed by atoms with Crippen LogP contribution in [0.2, 0.25) is 0 Å². The Bertz CT molecular complexity index is 1970. The van der Waals surface area contributed by atoms with Crippen molar-refractivity contribution in [2.24, 2.45) is 0 Å². The second-order valence-electron chi connectivity index (χ2n) is 15.9. The Hall–Kier alpha value is -5.64. The van der Waals surface area contributed by atoms with Crippen molar-refractivity contribution in [3.8, 4) is 0 Å². The number of benzene rings is 4. The summed E-state index contributed by atoms with van der Waals surface area (Å²) in [7, 11) is 1.42. The maximum Gasteiger partial charge on any atom is 0.408 e. The maximum atomic E-state index is 14.1. The molecule has 3 N–H and O–H groups in total. The summed E-state index contributed by atoms with van der Waals surface area (Å²) >= 11 is 0. The average Bonchev–Trinajstić information content (AvgIpc) is 3.63. The Kier molecular flexibility index (Phi) is 18.4. The van der Waals surface area contributed by atoms with Gasteiger partial charge in [-0.3, -0.25) is 14.4 Å². The van der Waals surface area contributed by atoms with Gasteiger partial charge in [-0.2, -0.15) is 0 Å². The molecule has 0 spiro atoms. The molecule has 0 aromatic heterocycles. The van der Waals surface area contributed by atoms with E-state index >= 15 is 0 Å². The topological polar surface area (TPSA) is 169 Å². The number of carbonyl (C=O) groups is 4. The van der Waals surface area contributed by atoms with Crippen LogP contribution in [0.4, 0.5) is 4.79 Å². The number of likely N-dealkylation sites (N-methyl/N-ethyl adjacent to an activating group) is 1. The fourth-order valence-electron chi connectivity index (χ4n) is 6.57. The molecule has 1 saturated heterocycles. The standard InChI is InChI=1S/C48H59N3O11/c1-33(56-28-34-18-10-6-11-19-34)41-42(58-30-36-22-14-8-15-23-36)43(59-31-37-24-16-9-17-25-37)46(61-41)60-32-39(51-47(55)62-48(2,3)4)45(54)50-38(44(53)49-5)26-27-40(52)57-29-35-20-12-7-13-21-35/h6-25,33,38-39,41-43,46H,26-32H2,1-5H3,(H,49,53)(H,50,54)(H,51,55)/t33-,38+,39-,41+,42+,43-,46+/m0/s1. The van der Waals surface area contributed by atoms with Crippen molar-refractivity contribution >= 4 is 23.9 Å². The van der Waals surface area contributed by atoms with Crippen molar-refractivity contribution in [2.45, 2.75) is 115 Å². The van der Waals surface area contributed by atoms with E-state index in [2.05, 4.69) is 16.0 Å². The van der Waals surface area contributed by atoms with Gasteiger partial charge >= 0.3 is 12.1 Å². The van der Waals surface area contributed by atoms with Gasteiger partial charge in [0, 0.05) is 13.5 Å². The molecule has 3 amide bonds. The summed E-state index contributed by atoms with van der Waals surface area (Å²) in [6, 6.07) is 35.7. The van der Waals surface area contributed by atoms with Crippen LogP contribution in [-0.4, -0.2) is 85.9 Å². The quantitative estimate of drug-likeness (QED) is 0.0776. The molecule has 62 heavy (non-hydrogen) atoms. The highest BCUT2D eigenvalue weighted by Gasteiger charge is 2.50. The lowest BCUT2D eigenvalue weighted by atomic mass is 10.1. The van der Waals surface area contributed by atoms with Gasteiger partial charge in [-0.15, -0.1) is 0 Å². The number of amides is 3. The molecule has 332 valence electrons. The van der Waals surface area contributed by atoms with Gasteiger partial charge in [0.05, 0.1) is 32.5 Å². The normalized spacial score (nSPS) is 18.8. The fourth-order valence-corrected chi connectivity index (χ4v) is 6.57. The van der Waals surface area contributed by atoms with E-state index in [0.717, 1.165) is 22.3 Å². The number of nitrogens with one attached hydrogen (secondary N) is 3. The smallest absolute Gasteiger partial charge is 0.408 e. The number of hydrogen-bond donors (Lipinski definition) is 3. The summed E-state index contributed by atoms with van der Waals surface area (Å²) in [5.41, 5.74) is 2.72. The van der Waals surface area contributed by atoms with Gasteiger partial charge in [-0.1, -0.05) is 121 Å². The summed E-state index contributed by atoms with van der Waals surface area (Å²) in [5, 5.41) is 7.80. The van der Waals surface area contributed by atoms with Crippen LogP contribution in [0.15, 0.2) is 121 Å². The van der Waals surface area contributed by atoms with Gasteiger partial charge in [-0.05, 0) is 56.4 Å². The summed E-state index contributed by atoms with van der Waals surface area (Å²) in [4.78, 5) is 53.0. The lowest BCUT2D eigenvalue weighted by Gasteiger charge is -2.28. The number of carbonyl (C=O) groups excluding carboxylic acids is 4. The zero-order chi connectivity index (χ0) is 44.3. The summed E-state index contributed by atoms with van der Waals surface area (Å²) < 4.78 is 43.4. The van der Waals surface area contributed by atoms with Crippen LogP contribution in [0, 0.1) is 0 Å². The minimum absolute atomic E-state index is 0.0616. The van der Waals surface area contributed by atoms with Crippen LogP contribution in [0.25, 0.3) is 0 Å². The molecular formula is C48H59N3O11. The molecule has 0 saturated carbocycles. The summed E-state index contributed by atoms with van der Waals surface area (Å²) in [5.74, 6) is -1.87. The van der Waals surface area contributed by atoms with Crippen LogP contribution >= 0.6 is 0 Å². The molecule has 0 unspecified atom stereocenters. The number of rotatable bonds is 22. The van der Waals surface area contributed by atoms with Crippen LogP contribution in [0.1, 0.15) is 62.8 Å². The fraction of sp³-hybridized carbons (Fsp3) is 0.417. The van der Waals surface area contributed by atoms with Gasteiger partial charge in [0.2, 0.25) is 11.8 Å². The minimum Gasteiger partial charge on any atom is -0.461 e. The highest BCUT2D eigenvalue weighted by molar-refractivity contribution is 5.91. The van der Waals surface area contributed by atoms with Crippen LogP contribution in [-0.2, 0) is 74.0 Å². The zero-order valence-electron chi connectivity index (χ0n) is 36.0. The molecule has 7 atom stereocenters. The predicted octanol–water partition coefficient (Wildman–Crippen LogP) is 6.15. The van der Waals surface area contributed by atoms with E-state index in [9.17, 15) is 19.2 Å². The van der Waals surface area contributed by atoms with Crippen LogP contribution in [0.3, 0.4) is 0 Å². The number of hydrogen-bond acceptors (Lipinski definition) is 11. The SMILES string of the molecule is CNC(=O)[C@@H](CCC(=O)OCc1ccccc1)NC(=O)[C@H](CO[C@@H]1O[C@H]([C@H](C)OCc2ccccc2)[C@@H](OCc2ccccc2)[C@@H]1OCc1ccccc1)NC(=O)OC(C)(C)C. The first-order valence-corrected chi connectivity index (χ1v) is 20.8. The molecule has 1 aliphatic rings. The first-order chi connectivity index (χ1) is 29.9. The van der Waals surface area contributed by atoms with Crippen molar-refractivity contribution in [3.05, 3.63) is 144 Å². The monoisotopic (exact) mass is 853 g/mol. The zero-order valence-corrected chi connectivity index (χ0v) is 36.0. The molecule has 0 bridgehead atoms. The second kappa shape index (κ2) is 24.1. The molecule has 14 nitrogen and oxygen atoms in total. The van der Waals surface area contributed by atoms with Crippen molar-refractivity contribution < 1.29 is 52.3 Å². The molecule has 0 aliphatic carbocycles. The molecule has 4 aromatic carbocycles. The highest BCUT2D eigenvalue weighted by Crippen LogP contribution is 2.32. The maximum absolute atomic E-state index is 14.1. The summed E-state index contributed by atoms with van der Waals surface area (Å²) in [6.45, 7) is 7.32. The van der Waals surface area contributed by atoms with Crippen LogP contribution < -0.4 is 16.0 Å². The van der Waals surface area contributed by atoms with E-state index in [1.807, 2.05) is 128 Å². The molecule has 1 fully saturated rings. The van der Waals surface area contributed by atoms with Crippen molar-refractivity contribution in [2.75, 3.05) is 13.7 Å². The Morgan fingerprint density at radius 1 is 0.629 bits per heavy atom. The largest absolute Gasteiger partial charge is 0.461 e. The Morgan fingerprint density at radius 2 is 1.13 bits per heavy atom. The molecule has 1 aliphatic heterocycles. The molecule has 0 radical (unpaired) electrons. The third-order valence-electron chi connectivity index (χ3n) is 9.79. The van der Waals surface area contributed by atoms with Crippen molar-refractivity contribution in [1.82, 2.24) is 16.0 Å². The molecule has 5 rings (SSSR count). The number of alkyl carbamates (subject to hydrolysis) is 1. The lowest BCUT2D eigenvalue weighted by molar-refractivity contribution is -0.194. The van der Waals surface area contributed by atoms with Gasteiger partial charge in [0.1, 0.15) is 42.6 Å². The summed E-state index contributed by atoms with van der Waals surface area (Å²) in [6.07, 6.45) is -5.01. The van der Waals surface area contributed by atoms with Crippen LogP contribution in [0.5, 0.6) is 0 Å². The van der Waals surface area contributed by atoms with Crippen molar-refractivity contribution in [3.63, 3.8) is 0 Å². The first kappa shape index (κ1) is 47.4. The van der Waals surface area contributed by atoms with Gasteiger partial charge < -0.3 is 49.1 Å². The minimum atomic E-state index is -1.39. The average molecular weight is 854 g/mol. The Morgan fingerprint density at radius 3 is 1.65 bits per heavy atom. The van der Waals surface area contributed by atoms with E-state index in [-0.39, 0.29) is 32.7 Å². The van der Waals surface area contributed by atoms with Gasteiger partial charge in [0.25, 0.3) is 0 Å². The highest BCUT2D eigenvalue weighted by atomic mass is 16.7. The Labute approximate surface area is 363 Å². The molecular weight excluding hydrogens is 795 g/mol.